The van der Waals surface area contributed by atoms with E-state index >= 15 is 0 Å². The second-order valence-electron chi connectivity index (χ2n) is 6.01. The molecule has 0 saturated carbocycles. The van der Waals surface area contributed by atoms with Gasteiger partial charge in [0.2, 0.25) is 5.91 Å². The molecular formula is C15H29N3O. The summed E-state index contributed by atoms with van der Waals surface area (Å²) in [6, 6.07) is 1.05. The number of amides is 1. The molecular weight excluding hydrogens is 238 g/mol. The van der Waals surface area contributed by atoms with Crippen LogP contribution in [0.4, 0.5) is 0 Å². The number of hydrogen-bond acceptors (Lipinski definition) is 3. The van der Waals surface area contributed by atoms with Crippen LogP contribution in [0.5, 0.6) is 0 Å². The maximum atomic E-state index is 12.5. The largest absolute Gasteiger partial charge is 0.339 e. The molecule has 2 saturated heterocycles. The van der Waals surface area contributed by atoms with Crippen LogP contribution in [0.25, 0.3) is 0 Å². The lowest BCUT2D eigenvalue weighted by Gasteiger charge is -2.38. The predicted octanol–water partition coefficient (Wildman–Crippen LogP) is 1.46. The third kappa shape index (κ3) is 3.93. The van der Waals surface area contributed by atoms with Crippen molar-refractivity contribution in [3.05, 3.63) is 0 Å². The molecule has 0 aliphatic carbocycles. The fourth-order valence-corrected chi connectivity index (χ4v) is 3.47. The molecule has 0 spiro atoms. The van der Waals surface area contributed by atoms with Gasteiger partial charge in [0.1, 0.15) is 0 Å². The Balaban J connectivity index is 1.85. The molecule has 0 aromatic rings. The summed E-state index contributed by atoms with van der Waals surface area (Å²) in [5.74, 6) is 0.350. The minimum absolute atomic E-state index is 0.350. The first kappa shape index (κ1) is 14.8. The number of carbonyl (C=O) groups is 1. The first-order valence-electron chi connectivity index (χ1n) is 7.93. The van der Waals surface area contributed by atoms with Crippen LogP contribution >= 0.6 is 0 Å². The molecule has 2 atom stereocenters. The van der Waals surface area contributed by atoms with Crippen molar-refractivity contribution in [2.45, 2.75) is 57.5 Å². The fraction of sp³-hybridized carbons (Fsp3) is 0.933. The molecule has 2 aliphatic heterocycles. The van der Waals surface area contributed by atoms with Gasteiger partial charge in [0.05, 0.1) is 6.54 Å². The minimum Gasteiger partial charge on any atom is -0.339 e. The summed E-state index contributed by atoms with van der Waals surface area (Å²) in [6.45, 7) is 5.89. The molecule has 2 rings (SSSR count). The average molecular weight is 267 g/mol. The van der Waals surface area contributed by atoms with E-state index in [1.807, 2.05) is 7.05 Å². The third-order valence-electron chi connectivity index (χ3n) is 4.69. The molecule has 2 fully saturated rings. The zero-order chi connectivity index (χ0) is 13.7. The number of likely N-dealkylation sites (tertiary alicyclic amines) is 2. The summed E-state index contributed by atoms with van der Waals surface area (Å²) in [7, 11) is 2.02. The zero-order valence-corrected chi connectivity index (χ0v) is 12.5. The summed E-state index contributed by atoms with van der Waals surface area (Å²) in [6.07, 6.45) is 7.21. The van der Waals surface area contributed by atoms with E-state index in [0.29, 0.717) is 24.5 Å². The van der Waals surface area contributed by atoms with Gasteiger partial charge in [0, 0.05) is 25.2 Å². The summed E-state index contributed by atoms with van der Waals surface area (Å²) >= 11 is 0. The van der Waals surface area contributed by atoms with E-state index in [-0.39, 0.29) is 0 Å². The van der Waals surface area contributed by atoms with Gasteiger partial charge in [0.15, 0.2) is 0 Å². The Bertz CT molecular complexity index is 295. The van der Waals surface area contributed by atoms with Gasteiger partial charge < -0.3 is 10.2 Å². The van der Waals surface area contributed by atoms with Crippen molar-refractivity contribution in [3.8, 4) is 0 Å². The molecule has 2 aliphatic rings. The van der Waals surface area contributed by atoms with E-state index in [4.69, 9.17) is 0 Å². The van der Waals surface area contributed by atoms with Gasteiger partial charge in [-0.3, -0.25) is 9.69 Å². The van der Waals surface area contributed by atoms with Gasteiger partial charge in [-0.25, -0.2) is 0 Å². The maximum Gasteiger partial charge on any atom is 0.236 e. The van der Waals surface area contributed by atoms with Crippen LogP contribution in [0.15, 0.2) is 0 Å². The van der Waals surface area contributed by atoms with E-state index in [0.717, 1.165) is 26.1 Å². The molecule has 4 heteroatoms. The number of carbonyl (C=O) groups excluding carboxylic acids is 1. The van der Waals surface area contributed by atoms with Gasteiger partial charge in [-0.2, -0.15) is 0 Å². The standard InChI is InChI=1S/C15H29N3O/c1-3-14-8-4-5-10-18(14)15(19)12-17-9-6-7-13(11-17)16-2/h13-14,16H,3-12H2,1-2H3. The number of piperidine rings is 2. The average Bonchev–Trinajstić information content (AvgIpc) is 2.47. The molecule has 1 N–H and O–H groups in total. The summed E-state index contributed by atoms with van der Waals surface area (Å²) in [5, 5.41) is 3.34. The molecule has 1 amide bonds. The lowest BCUT2D eigenvalue weighted by Crippen LogP contribution is -2.51. The van der Waals surface area contributed by atoms with E-state index < -0.39 is 0 Å². The zero-order valence-electron chi connectivity index (χ0n) is 12.5. The van der Waals surface area contributed by atoms with Gasteiger partial charge >= 0.3 is 0 Å². The third-order valence-corrected chi connectivity index (χ3v) is 4.69. The molecule has 0 aromatic heterocycles. The van der Waals surface area contributed by atoms with Gasteiger partial charge in [0.25, 0.3) is 0 Å². The Morgan fingerprint density at radius 1 is 1.21 bits per heavy atom. The van der Waals surface area contributed by atoms with Crippen molar-refractivity contribution < 1.29 is 4.79 Å². The van der Waals surface area contributed by atoms with Gasteiger partial charge in [-0.1, -0.05) is 6.92 Å². The number of likely N-dealkylation sites (N-methyl/N-ethyl adjacent to an activating group) is 1. The normalized spacial score (nSPS) is 29.5. The first-order chi connectivity index (χ1) is 9.24. The highest BCUT2D eigenvalue weighted by molar-refractivity contribution is 5.78. The van der Waals surface area contributed by atoms with Crippen LogP contribution < -0.4 is 5.32 Å². The first-order valence-corrected chi connectivity index (χ1v) is 7.93. The molecule has 0 aromatic carbocycles. The van der Waals surface area contributed by atoms with Crippen LogP contribution in [-0.2, 0) is 4.79 Å². The van der Waals surface area contributed by atoms with Gasteiger partial charge in [-0.05, 0) is 52.1 Å². The van der Waals surface area contributed by atoms with E-state index in [9.17, 15) is 4.79 Å². The van der Waals surface area contributed by atoms with E-state index in [2.05, 4.69) is 22.0 Å². The fourth-order valence-electron chi connectivity index (χ4n) is 3.47. The summed E-state index contributed by atoms with van der Waals surface area (Å²) in [5.41, 5.74) is 0. The second-order valence-corrected chi connectivity index (χ2v) is 6.01. The van der Waals surface area contributed by atoms with E-state index in [1.165, 1.54) is 32.1 Å². The SMILES string of the molecule is CCC1CCCCN1C(=O)CN1CCCC(NC)C1. The number of hydrogen-bond donors (Lipinski definition) is 1. The monoisotopic (exact) mass is 267 g/mol. The van der Waals surface area contributed by atoms with Crippen LogP contribution in [-0.4, -0.2) is 61.0 Å². The molecule has 110 valence electrons. The Kier molecular flexibility index (Phi) is 5.64. The van der Waals surface area contributed by atoms with Crippen LogP contribution in [0, 0.1) is 0 Å². The number of rotatable bonds is 4. The summed E-state index contributed by atoms with van der Waals surface area (Å²) in [4.78, 5) is 17.0. The minimum atomic E-state index is 0.350. The smallest absolute Gasteiger partial charge is 0.236 e. The predicted molar refractivity (Wildman–Crippen MR) is 78.2 cm³/mol. The highest BCUT2D eigenvalue weighted by Crippen LogP contribution is 2.20. The molecule has 0 radical (unpaired) electrons. The highest BCUT2D eigenvalue weighted by atomic mass is 16.2. The van der Waals surface area contributed by atoms with Crippen molar-refractivity contribution in [3.63, 3.8) is 0 Å². The maximum absolute atomic E-state index is 12.5. The Hall–Kier alpha value is -0.610. The molecule has 4 nitrogen and oxygen atoms in total. The molecule has 0 bridgehead atoms. The van der Waals surface area contributed by atoms with Crippen LogP contribution in [0.3, 0.4) is 0 Å². The van der Waals surface area contributed by atoms with Crippen molar-refractivity contribution >= 4 is 5.91 Å². The van der Waals surface area contributed by atoms with Gasteiger partial charge in [-0.15, -0.1) is 0 Å². The molecule has 2 unspecified atom stereocenters. The number of nitrogens with one attached hydrogen (secondary N) is 1. The summed E-state index contributed by atoms with van der Waals surface area (Å²) < 4.78 is 0. The Morgan fingerprint density at radius 2 is 2.05 bits per heavy atom. The van der Waals surface area contributed by atoms with Crippen molar-refractivity contribution in [1.82, 2.24) is 15.1 Å². The lowest BCUT2D eigenvalue weighted by molar-refractivity contribution is -0.136. The molecule has 19 heavy (non-hydrogen) atoms. The van der Waals surface area contributed by atoms with Crippen molar-refractivity contribution in [1.29, 1.82) is 0 Å². The van der Waals surface area contributed by atoms with Crippen LogP contribution in [0.2, 0.25) is 0 Å². The quantitative estimate of drug-likeness (QED) is 0.837. The molecule has 2 heterocycles. The Morgan fingerprint density at radius 3 is 2.79 bits per heavy atom. The van der Waals surface area contributed by atoms with Crippen molar-refractivity contribution in [2.75, 3.05) is 33.2 Å². The second kappa shape index (κ2) is 7.25. The van der Waals surface area contributed by atoms with Crippen LogP contribution in [0.1, 0.15) is 45.4 Å². The topological polar surface area (TPSA) is 35.6 Å². The highest BCUT2D eigenvalue weighted by Gasteiger charge is 2.27. The lowest BCUT2D eigenvalue weighted by atomic mass is 9.99. The van der Waals surface area contributed by atoms with Crippen molar-refractivity contribution in [2.24, 2.45) is 0 Å². The van der Waals surface area contributed by atoms with E-state index in [1.54, 1.807) is 0 Å². The Labute approximate surface area is 117 Å². The number of nitrogens with zero attached hydrogens (tertiary/aromatic N) is 2.